The van der Waals surface area contributed by atoms with E-state index in [-0.39, 0.29) is 17.6 Å². The minimum atomic E-state index is -0.161. The summed E-state index contributed by atoms with van der Waals surface area (Å²) in [7, 11) is 3.21. The minimum absolute atomic E-state index is 0.0516. The molecule has 1 unspecified atom stereocenters. The molecule has 1 N–H and O–H groups in total. The van der Waals surface area contributed by atoms with Gasteiger partial charge in [-0.25, -0.2) is 0 Å². The molecule has 1 atom stereocenters. The van der Waals surface area contributed by atoms with Crippen LogP contribution in [0.4, 0.5) is 0 Å². The van der Waals surface area contributed by atoms with Gasteiger partial charge >= 0.3 is 0 Å². The maximum atomic E-state index is 12.8. The normalized spacial score (nSPS) is 19.5. The van der Waals surface area contributed by atoms with Crippen LogP contribution >= 0.6 is 0 Å². The van der Waals surface area contributed by atoms with Crippen molar-refractivity contribution < 1.29 is 19.0 Å². The molecule has 1 aliphatic heterocycles. The molecule has 0 aromatic heterocycles. The summed E-state index contributed by atoms with van der Waals surface area (Å²) in [5.41, 5.74) is 2.96. The molecule has 31 heavy (non-hydrogen) atoms. The summed E-state index contributed by atoms with van der Waals surface area (Å²) in [5.74, 6) is 2.10. The first-order valence-corrected chi connectivity index (χ1v) is 11.0. The van der Waals surface area contributed by atoms with E-state index in [1.54, 1.807) is 26.4 Å². The van der Waals surface area contributed by atoms with Crippen molar-refractivity contribution in [1.82, 2.24) is 5.32 Å². The van der Waals surface area contributed by atoms with E-state index in [1.807, 2.05) is 18.2 Å². The highest BCUT2D eigenvalue weighted by Crippen LogP contribution is 2.46. The number of benzene rings is 2. The van der Waals surface area contributed by atoms with Crippen LogP contribution in [-0.2, 0) is 4.79 Å². The van der Waals surface area contributed by atoms with E-state index in [2.05, 4.69) is 30.4 Å². The van der Waals surface area contributed by atoms with Gasteiger partial charge in [-0.05, 0) is 62.4 Å². The third-order valence-corrected chi connectivity index (χ3v) is 6.36. The number of methoxy groups -OCH3 is 2. The second kappa shape index (κ2) is 9.04. The first-order valence-electron chi connectivity index (χ1n) is 11.0. The van der Waals surface area contributed by atoms with Crippen molar-refractivity contribution in [2.45, 2.75) is 57.1 Å². The number of carbonyl (C=O) groups excluding carboxylic acids is 1. The first-order chi connectivity index (χ1) is 15.0. The Kier molecular flexibility index (Phi) is 6.21. The smallest absolute Gasteiger partial charge is 0.244 e. The van der Waals surface area contributed by atoms with Crippen LogP contribution in [0.25, 0.3) is 6.08 Å². The van der Waals surface area contributed by atoms with Crippen molar-refractivity contribution in [2.75, 3.05) is 14.2 Å². The molecule has 0 saturated heterocycles. The van der Waals surface area contributed by atoms with Gasteiger partial charge in [0.15, 0.2) is 11.5 Å². The lowest BCUT2D eigenvalue weighted by Crippen LogP contribution is -2.46. The molecule has 1 aliphatic carbocycles. The van der Waals surface area contributed by atoms with Crippen LogP contribution in [0.2, 0.25) is 0 Å². The van der Waals surface area contributed by atoms with Crippen molar-refractivity contribution in [3.63, 3.8) is 0 Å². The molecule has 2 aromatic carbocycles. The van der Waals surface area contributed by atoms with E-state index in [0.29, 0.717) is 11.5 Å². The summed E-state index contributed by atoms with van der Waals surface area (Å²) in [4.78, 5) is 12.8. The van der Waals surface area contributed by atoms with Gasteiger partial charge in [0.2, 0.25) is 5.91 Å². The van der Waals surface area contributed by atoms with Gasteiger partial charge in [-0.1, -0.05) is 30.2 Å². The van der Waals surface area contributed by atoms with Crippen molar-refractivity contribution in [2.24, 2.45) is 0 Å². The highest BCUT2D eigenvalue weighted by molar-refractivity contribution is 5.92. The number of rotatable bonds is 5. The lowest BCUT2D eigenvalue weighted by atomic mass is 9.77. The molecular weight excluding hydrogens is 390 g/mol. The fourth-order valence-corrected chi connectivity index (χ4v) is 4.77. The molecule has 1 fully saturated rings. The van der Waals surface area contributed by atoms with Gasteiger partial charge in [-0.15, -0.1) is 0 Å². The molecule has 4 rings (SSSR count). The number of carbonyl (C=O) groups is 1. The molecule has 1 spiro atoms. The van der Waals surface area contributed by atoms with Gasteiger partial charge < -0.3 is 19.5 Å². The Morgan fingerprint density at radius 1 is 1.06 bits per heavy atom. The van der Waals surface area contributed by atoms with Crippen molar-refractivity contribution >= 4 is 12.0 Å². The van der Waals surface area contributed by atoms with E-state index in [0.717, 1.165) is 36.1 Å². The molecule has 164 valence electrons. The maximum Gasteiger partial charge on any atom is 0.244 e. The molecule has 0 bridgehead atoms. The summed E-state index contributed by atoms with van der Waals surface area (Å²) >= 11 is 0. The van der Waals surface area contributed by atoms with E-state index < -0.39 is 0 Å². The monoisotopic (exact) mass is 421 g/mol. The van der Waals surface area contributed by atoms with Gasteiger partial charge in [0.1, 0.15) is 11.4 Å². The molecule has 1 amide bonds. The van der Waals surface area contributed by atoms with E-state index in [4.69, 9.17) is 14.2 Å². The third kappa shape index (κ3) is 4.71. The molecule has 0 radical (unpaired) electrons. The largest absolute Gasteiger partial charge is 0.493 e. The minimum Gasteiger partial charge on any atom is -0.493 e. The molecule has 5 nitrogen and oxygen atoms in total. The number of fused-ring (bicyclic) bond motifs is 1. The zero-order valence-electron chi connectivity index (χ0n) is 18.6. The molecule has 2 aromatic rings. The SMILES string of the molecule is COc1ccc(C=CC(=O)NC2CC3(CCCCC3)Oc3ccc(C)cc32)cc1OC. The third-order valence-electron chi connectivity index (χ3n) is 6.36. The van der Waals surface area contributed by atoms with Crippen LogP contribution in [0.5, 0.6) is 17.2 Å². The zero-order chi connectivity index (χ0) is 21.8. The van der Waals surface area contributed by atoms with Crippen LogP contribution in [0.1, 0.15) is 61.3 Å². The Morgan fingerprint density at radius 3 is 2.58 bits per heavy atom. The number of hydrogen-bond donors (Lipinski definition) is 1. The lowest BCUT2D eigenvalue weighted by Gasteiger charge is -2.44. The van der Waals surface area contributed by atoms with Crippen molar-refractivity contribution in [3.05, 3.63) is 59.2 Å². The number of hydrogen-bond acceptors (Lipinski definition) is 4. The molecule has 2 aliphatic rings. The highest BCUT2D eigenvalue weighted by atomic mass is 16.5. The summed E-state index contributed by atoms with van der Waals surface area (Å²) < 4.78 is 17.1. The zero-order valence-corrected chi connectivity index (χ0v) is 18.6. The Hall–Kier alpha value is -2.95. The summed E-state index contributed by atoms with van der Waals surface area (Å²) in [6.07, 6.45) is 9.92. The lowest BCUT2D eigenvalue weighted by molar-refractivity contribution is -0.118. The fourth-order valence-electron chi connectivity index (χ4n) is 4.77. The van der Waals surface area contributed by atoms with Gasteiger partial charge in [0, 0.05) is 18.1 Å². The fraction of sp³-hybridized carbons (Fsp3) is 0.423. The predicted octanol–water partition coefficient (Wildman–Crippen LogP) is 5.37. The molecule has 5 heteroatoms. The van der Waals surface area contributed by atoms with Gasteiger partial charge in [0.05, 0.1) is 20.3 Å². The van der Waals surface area contributed by atoms with Gasteiger partial charge in [-0.3, -0.25) is 4.79 Å². The van der Waals surface area contributed by atoms with Crippen LogP contribution in [0.15, 0.2) is 42.5 Å². The summed E-state index contributed by atoms with van der Waals surface area (Å²) in [6.45, 7) is 2.07. The average molecular weight is 422 g/mol. The second-order valence-corrected chi connectivity index (χ2v) is 8.60. The molecule has 1 saturated carbocycles. The molecule has 1 heterocycles. The Bertz CT molecular complexity index is 975. The van der Waals surface area contributed by atoms with E-state index in [9.17, 15) is 4.79 Å². The standard InChI is InChI=1S/C26H31NO4/c1-18-7-10-22-20(15-18)21(17-26(31-22)13-5-4-6-14-26)27-25(28)12-9-19-8-11-23(29-2)24(16-19)30-3/h7-12,15-16,21H,4-6,13-14,17H2,1-3H3,(H,27,28). The second-order valence-electron chi connectivity index (χ2n) is 8.60. The average Bonchev–Trinajstić information content (AvgIpc) is 2.78. The maximum absolute atomic E-state index is 12.8. The van der Waals surface area contributed by atoms with Crippen LogP contribution < -0.4 is 19.5 Å². The number of aryl methyl sites for hydroxylation is 1. The summed E-state index contributed by atoms with van der Waals surface area (Å²) in [5, 5.41) is 3.23. The van der Waals surface area contributed by atoms with E-state index in [1.165, 1.54) is 24.8 Å². The van der Waals surface area contributed by atoms with Crippen molar-refractivity contribution in [3.8, 4) is 17.2 Å². The number of nitrogens with one attached hydrogen (secondary N) is 1. The van der Waals surface area contributed by atoms with Crippen molar-refractivity contribution in [1.29, 1.82) is 0 Å². The predicted molar refractivity (Wildman–Crippen MR) is 122 cm³/mol. The Labute approximate surface area is 184 Å². The Morgan fingerprint density at radius 2 is 1.84 bits per heavy atom. The van der Waals surface area contributed by atoms with Crippen LogP contribution in [-0.4, -0.2) is 25.7 Å². The Balaban J connectivity index is 1.52. The topological polar surface area (TPSA) is 56.8 Å². The van der Waals surface area contributed by atoms with Gasteiger partial charge in [0.25, 0.3) is 0 Å². The van der Waals surface area contributed by atoms with E-state index >= 15 is 0 Å². The number of amides is 1. The molecular formula is C26H31NO4. The quantitative estimate of drug-likeness (QED) is 0.660. The van der Waals surface area contributed by atoms with Crippen LogP contribution in [0.3, 0.4) is 0 Å². The first kappa shape index (κ1) is 21.3. The highest BCUT2D eigenvalue weighted by Gasteiger charge is 2.42. The summed E-state index contributed by atoms with van der Waals surface area (Å²) in [6, 6.07) is 11.8. The van der Waals surface area contributed by atoms with Crippen LogP contribution in [0, 0.1) is 6.92 Å². The van der Waals surface area contributed by atoms with Gasteiger partial charge in [-0.2, -0.15) is 0 Å². The number of ether oxygens (including phenoxy) is 3.